The zero-order chi connectivity index (χ0) is 16.2. The van der Waals surface area contributed by atoms with Crippen LogP contribution in [0, 0.1) is 5.92 Å². The summed E-state index contributed by atoms with van der Waals surface area (Å²) in [6.45, 7) is 1.01. The SMILES string of the molecule is Nc1nc2c(ncn2COCCNC(=O)CC2CCC2)c(=O)[nH]1. The van der Waals surface area contributed by atoms with E-state index in [-0.39, 0.29) is 29.7 Å². The maximum absolute atomic E-state index is 11.6. The molecule has 0 saturated heterocycles. The standard InChI is InChI=1S/C14H20N6O3/c15-14-18-12-11(13(22)19-14)17-7-20(12)8-23-5-4-16-10(21)6-9-2-1-3-9/h7,9H,1-6,8H2,(H,16,21)(H3,15,18,19,22). The molecule has 0 unspecified atom stereocenters. The van der Waals surface area contributed by atoms with Gasteiger partial charge >= 0.3 is 0 Å². The van der Waals surface area contributed by atoms with Gasteiger partial charge in [-0.2, -0.15) is 4.98 Å². The van der Waals surface area contributed by atoms with Crippen LogP contribution in [0.5, 0.6) is 0 Å². The number of nitrogens with two attached hydrogens (primary N) is 1. The first-order valence-corrected chi connectivity index (χ1v) is 7.68. The molecule has 2 aromatic rings. The number of carbonyl (C=O) groups is 1. The molecule has 9 nitrogen and oxygen atoms in total. The molecule has 0 radical (unpaired) electrons. The summed E-state index contributed by atoms with van der Waals surface area (Å²) in [6, 6.07) is 0. The Hall–Kier alpha value is -2.42. The topological polar surface area (TPSA) is 128 Å². The number of nitrogens with zero attached hydrogens (tertiary/aromatic N) is 3. The Balaban J connectivity index is 1.44. The van der Waals surface area contributed by atoms with Gasteiger partial charge < -0.3 is 15.8 Å². The van der Waals surface area contributed by atoms with Crippen molar-refractivity contribution in [3.8, 4) is 0 Å². The third-order valence-electron chi connectivity index (χ3n) is 3.99. The number of nitrogens with one attached hydrogen (secondary N) is 2. The summed E-state index contributed by atoms with van der Waals surface area (Å²) >= 11 is 0. The van der Waals surface area contributed by atoms with Crippen molar-refractivity contribution in [3.63, 3.8) is 0 Å². The summed E-state index contributed by atoms with van der Waals surface area (Å²) in [4.78, 5) is 33.7. The van der Waals surface area contributed by atoms with E-state index in [0.717, 1.165) is 12.8 Å². The molecule has 124 valence electrons. The quantitative estimate of drug-likeness (QED) is 0.615. The number of nitrogen functional groups attached to an aromatic ring is 1. The predicted molar refractivity (Wildman–Crippen MR) is 83.5 cm³/mol. The predicted octanol–water partition coefficient (Wildman–Crippen LogP) is -0.0177. The highest BCUT2D eigenvalue weighted by Crippen LogP contribution is 2.28. The minimum Gasteiger partial charge on any atom is -0.369 e. The van der Waals surface area contributed by atoms with Crippen LogP contribution in [0.4, 0.5) is 5.95 Å². The number of fused-ring (bicyclic) bond motifs is 1. The average molecular weight is 320 g/mol. The molecule has 1 saturated carbocycles. The zero-order valence-electron chi connectivity index (χ0n) is 12.7. The number of hydrogen-bond donors (Lipinski definition) is 3. The van der Waals surface area contributed by atoms with Crippen LogP contribution in [0.25, 0.3) is 11.2 Å². The number of amides is 1. The van der Waals surface area contributed by atoms with Crippen LogP contribution in [-0.4, -0.2) is 38.6 Å². The number of aromatic amines is 1. The molecule has 23 heavy (non-hydrogen) atoms. The largest absolute Gasteiger partial charge is 0.369 e. The second-order valence-corrected chi connectivity index (χ2v) is 5.73. The second kappa shape index (κ2) is 6.78. The van der Waals surface area contributed by atoms with Gasteiger partial charge in [0.15, 0.2) is 11.2 Å². The molecular formula is C14H20N6O3. The second-order valence-electron chi connectivity index (χ2n) is 5.73. The van der Waals surface area contributed by atoms with Crippen molar-refractivity contribution in [1.82, 2.24) is 24.8 Å². The summed E-state index contributed by atoms with van der Waals surface area (Å²) in [6.07, 6.45) is 5.64. The van der Waals surface area contributed by atoms with E-state index in [1.165, 1.54) is 12.7 Å². The van der Waals surface area contributed by atoms with E-state index in [1.807, 2.05) is 0 Å². The molecule has 9 heteroatoms. The Morgan fingerprint density at radius 2 is 2.35 bits per heavy atom. The summed E-state index contributed by atoms with van der Waals surface area (Å²) in [5.74, 6) is 0.669. The highest BCUT2D eigenvalue weighted by molar-refractivity contribution is 5.76. The van der Waals surface area contributed by atoms with Crippen molar-refractivity contribution < 1.29 is 9.53 Å². The number of rotatable bonds is 7. The van der Waals surface area contributed by atoms with E-state index in [9.17, 15) is 9.59 Å². The van der Waals surface area contributed by atoms with E-state index in [2.05, 4.69) is 20.3 Å². The Morgan fingerprint density at radius 1 is 1.52 bits per heavy atom. The molecule has 0 bridgehead atoms. The molecule has 3 rings (SSSR count). The smallest absolute Gasteiger partial charge is 0.280 e. The summed E-state index contributed by atoms with van der Waals surface area (Å²) < 4.78 is 7.07. The Labute approximate surface area is 132 Å². The Bertz CT molecular complexity index is 749. The van der Waals surface area contributed by atoms with Crippen molar-refractivity contribution in [2.75, 3.05) is 18.9 Å². The number of aromatic nitrogens is 4. The maximum Gasteiger partial charge on any atom is 0.280 e. The van der Waals surface area contributed by atoms with Crippen LogP contribution in [0.15, 0.2) is 11.1 Å². The zero-order valence-corrected chi connectivity index (χ0v) is 12.7. The van der Waals surface area contributed by atoms with Gasteiger partial charge in [-0.1, -0.05) is 6.42 Å². The van der Waals surface area contributed by atoms with Crippen LogP contribution < -0.4 is 16.6 Å². The monoisotopic (exact) mass is 320 g/mol. The fourth-order valence-corrected chi connectivity index (χ4v) is 2.52. The molecule has 1 aliphatic rings. The lowest BCUT2D eigenvalue weighted by Crippen LogP contribution is -2.30. The molecule has 4 N–H and O–H groups in total. The van der Waals surface area contributed by atoms with E-state index >= 15 is 0 Å². The number of carbonyl (C=O) groups excluding carboxylic acids is 1. The fourth-order valence-electron chi connectivity index (χ4n) is 2.52. The molecule has 1 fully saturated rings. The first kappa shape index (κ1) is 15.5. The third-order valence-corrected chi connectivity index (χ3v) is 3.99. The van der Waals surface area contributed by atoms with Gasteiger partial charge in [-0.15, -0.1) is 0 Å². The van der Waals surface area contributed by atoms with Gasteiger partial charge in [0, 0.05) is 13.0 Å². The lowest BCUT2D eigenvalue weighted by Gasteiger charge is -2.24. The molecule has 2 aromatic heterocycles. The molecule has 1 amide bonds. The molecule has 2 heterocycles. The maximum atomic E-state index is 11.6. The minimum absolute atomic E-state index is 0.0347. The van der Waals surface area contributed by atoms with Crippen LogP contribution in [-0.2, 0) is 16.3 Å². The van der Waals surface area contributed by atoms with Gasteiger partial charge in [-0.3, -0.25) is 19.1 Å². The van der Waals surface area contributed by atoms with Crippen LogP contribution in [0.1, 0.15) is 25.7 Å². The van der Waals surface area contributed by atoms with Gasteiger partial charge in [0.05, 0.1) is 12.9 Å². The summed E-state index contributed by atoms with van der Waals surface area (Å²) in [5.41, 5.74) is 5.74. The van der Waals surface area contributed by atoms with E-state index < -0.39 is 0 Å². The van der Waals surface area contributed by atoms with E-state index in [1.54, 1.807) is 4.57 Å². The van der Waals surface area contributed by atoms with Gasteiger partial charge in [0.1, 0.15) is 6.73 Å². The number of ether oxygens (including phenoxy) is 1. The van der Waals surface area contributed by atoms with Crippen LogP contribution in [0.3, 0.4) is 0 Å². The summed E-state index contributed by atoms with van der Waals surface area (Å²) in [7, 11) is 0. The lowest BCUT2D eigenvalue weighted by molar-refractivity contribution is -0.122. The van der Waals surface area contributed by atoms with Crippen LogP contribution >= 0.6 is 0 Å². The Morgan fingerprint density at radius 3 is 3.09 bits per heavy atom. The lowest BCUT2D eigenvalue weighted by atomic mass is 9.83. The van der Waals surface area contributed by atoms with Crippen molar-refractivity contribution in [2.45, 2.75) is 32.4 Å². The summed E-state index contributed by atoms with van der Waals surface area (Å²) in [5, 5.41) is 2.84. The number of anilines is 1. The van der Waals surface area contributed by atoms with E-state index in [0.29, 0.717) is 31.1 Å². The third kappa shape index (κ3) is 3.67. The van der Waals surface area contributed by atoms with E-state index in [4.69, 9.17) is 10.5 Å². The minimum atomic E-state index is -0.380. The molecule has 1 aliphatic carbocycles. The highest BCUT2D eigenvalue weighted by Gasteiger charge is 2.20. The normalized spacial score (nSPS) is 14.8. The molecular weight excluding hydrogens is 300 g/mol. The van der Waals surface area contributed by atoms with Crippen LogP contribution in [0.2, 0.25) is 0 Å². The fraction of sp³-hybridized carbons (Fsp3) is 0.571. The first-order chi connectivity index (χ1) is 11.1. The van der Waals surface area contributed by atoms with Crippen molar-refractivity contribution in [2.24, 2.45) is 5.92 Å². The average Bonchev–Trinajstić information content (AvgIpc) is 2.86. The highest BCUT2D eigenvalue weighted by atomic mass is 16.5. The van der Waals surface area contributed by atoms with Gasteiger partial charge in [0.2, 0.25) is 11.9 Å². The van der Waals surface area contributed by atoms with Crippen molar-refractivity contribution in [1.29, 1.82) is 0 Å². The number of hydrogen-bond acceptors (Lipinski definition) is 6. The van der Waals surface area contributed by atoms with Gasteiger partial charge in [-0.25, -0.2) is 4.98 Å². The number of H-pyrrole nitrogens is 1. The first-order valence-electron chi connectivity index (χ1n) is 7.68. The molecule has 0 atom stereocenters. The molecule has 0 aromatic carbocycles. The van der Waals surface area contributed by atoms with Gasteiger partial charge in [-0.05, 0) is 18.8 Å². The van der Waals surface area contributed by atoms with Crippen molar-refractivity contribution >= 4 is 23.0 Å². The Kier molecular flexibility index (Phi) is 4.56. The van der Waals surface area contributed by atoms with Gasteiger partial charge in [0.25, 0.3) is 5.56 Å². The molecule has 0 aliphatic heterocycles. The van der Waals surface area contributed by atoms with Crippen molar-refractivity contribution in [3.05, 3.63) is 16.7 Å². The molecule has 0 spiro atoms. The number of imidazole rings is 1.